The quantitative estimate of drug-likeness (QED) is 0.708. The molecule has 2 fully saturated rings. The summed E-state index contributed by atoms with van der Waals surface area (Å²) in [5.41, 5.74) is 2.78. The third-order valence-electron chi connectivity index (χ3n) is 6.69. The van der Waals surface area contributed by atoms with E-state index in [1.807, 2.05) is 19.1 Å². The number of carbonyl (C=O) groups excluding carboxylic acids is 1. The van der Waals surface area contributed by atoms with Crippen LogP contribution >= 0.6 is 0 Å². The van der Waals surface area contributed by atoms with Crippen molar-refractivity contribution in [2.75, 3.05) is 46.5 Å². The number of aromatic nitrogens is 1. The van der Waals surface area contributed by atoms with Crippen LogP contribution in [0.4, 0.5) is 0 Å². The Labute approximate surface area is 184 Å². The molecular weight excluding hydrogens is 394 g/mol. The Kier molecular flexibility index (Phi) is 7.15. The van der Waals surface area contributed by atoms with Crippen LogP contribution in [0, 0.1) is 6.92 Å². The molecule has 1 saturated heterocycles. The van der Waals surface area contributed by atoms with Gasteiger partial charge in [-0.3, -0.25) is 9.69 Å². The minimum absolute atomic E-state index is 0.133. The fourth-order valence-electron chi connectivity index (χ4n) is 5.09. The monoisotopic (exact) mass is 429 g/mol. The lowest BCUT2D eigenvalue weighted by Crippen LogP contribution is -2.44. The van der Waals surface area contributed by atoms with Gasteiger partial charge in [-0.2, -0.15) is 0 Å². The molecule has 1 amide bonds. The number of ether oxygens (including phenoxy) is 2. The predicted molar refractivity (Wildman–Crippen MR) is 121 cm³/mol. The Bertz CT molecular complexity index is 898. The second kappa shape index (κ2) is 10.0. The lowest BCUT2D eigenvalue weighted by atomic mass is 9.95. The van der Waals surface area contributed by atoms with Crippen molar-refractivity contribution in [2.24, 2.45) is 0 Å². The van der Waals surface area contributed by atoms with Gasteiger partial charge in [0.05, 0.1) is 32.0 Å². The molecule has 1 aliphatic heterocycles. The zero-order valence-electron chi connectivity index (χ0n) is 18.7. The molecule has 1 unspecified atom stereocenters. The summed E-state index contributed by atoms with van der Waals surface area (Å²) in [6, 6.07) is 6.42. The second-order valence-corrected chi connectivity index (χ2v) is 8.78. The number of hydrogen-bond donors (Lipinski definition) is 2. The summed E-state index contributed by atoms with van der Waals surface area (Å²) in [6.45, 7) is 5.84. The molecule has 2 aliphatic rings. The van der Waals surface area contributed by atoms with Crippen molar-refractivity contribution >= 4 is 16.8 Å². The molecule has 4 rings (SSSR count). The smallest absolute Gasteiger partial charge is 0.253 e. The highest BCUT2D eigenvalue weighted by Gasteiger charge is 2.26. The number of nitrogens with zero attached hydrogens (tertiary/aromatic N) is 2. The number of benzene rings is 1. The number of fused-ring (bicyclic) bond motifs is 1. The van der Waals surface area contributed by atoms with Crippen LogP contribution in [0.25, 0.3) is 10.9 Å². The summed E-state index contributed by atoms with van der Waals surface area (Å²) < 4.78 is 13.1. The third-order valence-corrected chi connectivity index (χ3v) is 6.69. The van der Waals surface area contributed by atoms with Crippen LogP contribution < -0.4 is 10.1 Å². The minimum Gasteiger partial charge on any atom is -0.497 e. The average Bonchev–Trinajstić information content (AvgIpc) is 3.09. The fraction of sp³-hybridized carbons (Fsp3) is 0.625. The van der Waals surface area contributed by atoms with Gasteiger partial charge in [-0.05, 0) is 38.0 Å². The Morgan fingerprint density at radius 1 is 1.26 bits per heavy atom. The first kappa shape index (κ1) is 22.1. The second-order valence-electron chi connectivity index (χ2n) is 8.78. The van der Waals surface area contributed by atoms with Gasteiger partial charge in [0.15, 0.2) is 0 Å². The highest BCUT2D eigenvalue weighted by molar-refractivity contribution is 6.08. The maximum Gasteiger partial charge on any atom is 0.253 e. The number of aliphatic hydroxyl groups is 1. The zero-order chi connectivity index (χ0) is 21.8. The number of morpholine rings is 1. The van der Waals surface area contributed by atoms with Crippen molar-refractivity contribution in [1.82, 2.24) is 14.8 Å². The summed E-state index contributed by atoms with van der Waals surface area (Å²) in [4.78, 5) is 15.4. The standard InChI is InChI=1S/C24H35N3O4/c1-17-23(24(29)25-15-19(28)16-26-10-12-31-13-11-26)21-14-20(30-2)8-9-22(21)27(17)18-6-4-3-5-7-18/h8-9,14,18-19,28H,3-7,10-13,15-16H2,1-2H3,(H,25,29). The molecule has 2 heterocycles. The number of methoxy groups -OCH3 is 1. The molecule has 0 radical (unpaired) electrons. The number of hydrogen-bond acceptors (Lipinski definition) is 5. The number of carbonyl (C=O) groups is 1. The van der Waals surface area contributed by atoms with Gasteiger partial charge in [0.25, 0.3) is 5.91 Å². The molecule has 1 aromatic carbocycles. The minimum atomic E-state index is -0.608. The summed E-state index contributed by atoms with van der Waals surface area (Å²) in [7, 11) is 1.65. The van der Waals surface area contributed by atoms with E-state index in [0.29, 0.717) is 31.4 Å². The van der Waals surface area contributed by atoms with E-state index in [1.165, 1.54) is 19.3 Å². The van der Waals surface area contributed by atoms with E-state index < -0.39 is 6.10 Å². The molecule has 1 saturated carbocycles. The molecular formula is C24H35N3O4. The SMILES string of the molecule is COc1ccc2c(c1)c(C(=O)NCC(O)CN1CCOCC1)c(C)n2C1CCCCC1. The molecule has 7 heteroatoms. The Morgan fingerprint density at radius 3 is 2.71 bits per heavy atom. The molecule has 2 aromatic rings. The Hall–Kier alpha value is -2.09. The fourth-order valence-corrected chi connectivity index (χ4v) is 5.09. The van der Waals surface area contributed by atoms with Crippen molar-refractivity contribution in [3.63, 3.8) is 0 Å². The lowest BCUT2D eigenvalue weighted by molar-refractivity contribution is 0.0149. The summed E-state index contributed by atoms with van der Waals surface area (Å²) >= 11 is 0. The van der Waals surface area contributed by atoms with Crippen molar-refractivity contribution in [3.8, 4) is 5.75 Å². The molecule has 1 atom stereocenters. The van der Waals surface area contributed by atoms with E-state index >= 15 is 0 Å². The lowest BCUT2D eigenvalue weighted by Gasteiger charge is -2.28. The van der Waals surface area contributed by atoms with Crippen LogP contribution in [0.3, 0.4) is 0 Å². The first-order valence-corrected chi connectivity index (χ1v) is 11.5. The van der Waals surface area contributed by atoms with E-state index in [1.54, 1.807) is 7.11 Å². The van der Waals surface area contributed by atoms with Crippen molar-refractivity contribution in [2.45, 2.75) is 51.2 Å². The van der Waals surface area contributed by atoms with Gasteiger partial charge in [-0.1, -0.05) is 19.3 Å². The van der Waals surface area contributed by atoms with E-state index in [9.17, 15) is 9.90 Å². The normalized spacial score (nSPS) is 19.5. The van der Waals surface area contributed by atoms with Gasteiger partial charge >= 0.3 is 0 Å². The molecule has 0 spiro atoms. The van der Waals surface area contributed by atoms with Crippen molar-refractivity contribution < 1.29 is 19.4 Å². The van der Waals surface area contributed by atoms with Crippen LogP contribution in [-0.2, 0) is 4.74 Å². The molecule has 1 aromatic heterocycles. The highest BCUT2D eigenvalue weighted by Crippen LogP contribution is 2.37. The summed E-state index contributed by atoms with van der Waals surface area (Å²) in [5.74, 6) is 0.612. The van der Waals surface area contributed by atoms with Gasteiger partial charge in [-0.25, -0.2) is 0 Å². The van der Waals surface area contributed by atoms with Gasteiger partial charge in [-0.15, -0.1) is 0 Å². The van der Waals surface area contributed by atoms with Gasteiger partial charge in [0.1, 0.15) is 5.75 Å². The number of aliphatic hydroxyl groups excluding tert-OH is 1. The maximum atomic E-state index is 13.3. The van der Waals surface area contributed by atoms with E-state index in [2.05, 4.69) is 20.9 Å². The number of β-amino-alcohol motifs (C(OH)–C–C–N with tert-alkyl or cyclic N) is 1. The molecule has 7 nitrogen and oxygen atoms in total. The van der Waals surface area contributed by atoms with Crippen molar-refractivity contribution in [1.29, 1.82) is 0 Å². The zero-order valence-corrected chi connectivity index (χ0v) is 18.7. The first-order chi connectivity index (χ1) is 15.1. The molecule has 2 N–H and O–H groups in total. The van der Waals surface area contributed by atoms with E-state index in [-0.39, 0.29) is 12.5 Å². The number of rotatable bonds is 7. The Balaban J connectivity index is 1.55. The van der Waals surface area contributed by atoms with Crippen LogP contribution in [0.5, 0.6) is 5.75 Å². The molecule has 0 bridgehead atoms. The summed E-state index contributed by atoms with van der Waals surface area (Å²) in [6.07, 6.45) is 5.44. The van der Waals surface area contributed by atoms with E-state index in [0.717, 1.165) is 48.3 Å². The third kappa shape index (κ3) is 4.89. The number of nitrogens with one attached hydrogen (secondary N) is 1. The summed E-state index contributed by atoms with van der Waals surface area (Å²) in [5, 5.41) is 14.3. The molecule has 31 heavy (non-hydrogen) atoms. The van der Waals surface area contributed by atoms with E-state index in [4.69, 9.17) is 9.47 Å². The van der Waals surface area contributed by atoms with Crippen LogP contribution in [-0.4, -0.2) is 73.1 Å². The average molecular weight is 430 g/mol. The number of amides is 1. The van der Waals surface area contributed by atoms with Crippen molar-refractivity contribution in [3.05, 3.63) is 29.5 Å². The topological polar surface area (TPSA) is 76.0 Å². The predicted octanol–water partition coefficient (Wildman–Crippen LogP) is 2.89. The molecule has 170 valence electrons. The highest BCUT2D eigenvalue weighted by atomic mass is 16.5. The van der Waals surface area contributed by atoms with Gasteiger partial charge in [0, 0.05) is 48.8 Å². The van der Waals surface area contributed by atoms with Crippen LogP contribution in [0.15, 0.2) is 18.2 Å². The van der Waals surface area contributed by atoms with Crippen LogP contribution in [0.1, 0.15) is 54.2 Å². The maximum absolute atomic E-state index is 13.3. The van der Waals surface area contributed by atoms with Gasteiger partial charge in [0.2, 0.25) is 0 Å². The molecule has 1 aliphatic carbocycles. The largest absolute Gasteiger partial charge is 0.497 e. The Morgan fingerprint density at radius 2 is 2.00 bits per heavy atom. The first-order valence-electron chi connectivity index (χ1n) is 11.5. The van der Waals surface area contributed by atoms with Gasteiger partial charge < -0.3 is 24.5 Å². The van der Waals surface area contributed by atoms with Crippen LogP contribution in [0.2, 0.25) is 0 Å².